The number of carbonyl (C=O) groups is 1. The summed E-state index contributed by atoms with van der Waals surface area (Å²) in [6, 6.07) is 4.46. The first-order chi connectivity index (χ1) is 6.56. The summed E-state index contributed by atoms with van der Waals surface area (Å²) < 4.78 is 4.55. The van der Waals surface area contributed by atoms with Gasteiger partial charge in [0.05, 0.1) is 7.11 Å². The third kappa shape index (κ3) is 2.25. The first-order valence-corrected chi connectivity index (χ1v) is 4.53. The van der Waals surface area contributed by atoms with Gasteiger partial charge in [-0.05, 0) is 30.2 Å². The molecular weight excluding hydrogens is 202 g/mol. The molecule has 0 aromatic heterocycles. The zero-order valence-corrected chi connectivity index (χ0v) is 8.84. The van der Waals surface area contributed by atoms with E-state index in [-0.39, 0.29) is 0 Å². The van der Waals surface area contributed by atoms with Gasteiger partial charge in [0.15, 0.2) is 0 Å². The predicted octanol–water partition coefficient (Wildman–Crippen LogP) is 1.82. The third-order valence-electron chi connectivity index (χ3n) is 2.02. The fourth-order valence-electron chi connectivity index (χ4n) is 1.24. The smallest absolute Gasteiger partial charge is 0.327 e. The van der Waals surface area contributed by atoms with Crippen LogP contribution in [0.2, 0.25) is 5.02 Å². The Morgan fingerprint density at radius 3 is 2.71 bits per heavy atom. The lowest BCUT2D eigenvalue weighted by Crippen LogP contribution is -2.23. The molecule has 14 heavy (non-hydrogen) atoms. The monoisotopic (exact) mass is 213 g/mol. The Bertz CT molecular complexity index is 352. The van der Waals surface area contributed by atoms with Gasteiger partial charge in [0.2, 0.25) is 0 Å². The molecule has 0 spiro atoms. The molecule has 1 aromatic rings. The molecule has 0 unspecified atom stereocenters. The van der Waals surface area contributed by atoms with Crippen molar-refractivity contribution in [2.75, 3.05) is 7.11 Å². The van der Waals surface area contributed by atoms with E-state index in [1.807, 2.05) is 6.92 Å². The number of benzene rings is 1. The van der Waals surface area contributed by atoms with Gasteiger partial charge < -0.3 is 10.5 Å². The van der Waals surface area contributed by atoms with E-state index in [0.29, 0.717) is 5.02 Å². The Hall–Kier alpha value is -1.06. The fraction of sp³-hybridized carbons (Fsp3) is 0.300. The van der Waals surface area contributed by atoms with Crippen molar-refractivity contribution in [1.29, 1.82) is 0 Å². The van der Waals surface area contributed by atoms with Crippen molar-refractivity contribution < 1.29 is 9.53 Å². The van der Waals surface area contributed by atoms with Gasteiger partial charge in [-0.15, -0.1) is 0 Å². The summed E-state index contributed by atoms with van der Waals surface area (Å²) in [7, 11) is 1.31. The average Bonchev–Trinajstić information content (AvgIpc) is 2.15. The molecule has 76 valence electrons. The normalized spacial score (nSPS) is 12.3. The van der Waals surface area contributed by atoms with Crippen LogP contribution >= 0.6 is 11.6 Å². The van der Waals surface area contributed by atoms with E-state index in [1.54, 1.807) is 18.2 Å². The zero-order chi connectivity index (χ0) is 10.7. The van der Waals surface area contributed by atoms with E-state index in [2.05, 4.69) is 4.74 Å². The number of methoxy groups -OCH3 is 1. The van der Waals surface area contributed by atoms with Crippen molar-refractivity contribution in [3.63, 3.8) is 0 Å². The summed E-state index contributed by atoms with van der Waals surface area (Å²) in [5.74, 6) is -0.449. The number of ether oxygens (including phenoxy) is 1. The largest absolute Gasteiger partial charge is 0.468 e. The van der Waals surface area contributed by atoms with Gasteiger partial charge in [-0.25, -0.2) is 0 Å². The summed E-state index contributed by atoms with van der Waals surface area (Å²) in [5.41, 5.74) is 7.30. The van der Waals surface area contributed by atoms with Crippen LogP contribution < -0.4 is 5.73 Å². The van der Waals surface area contributed by atoms with Gasteiger partial charge in [-0.3, -0.25) is 4.79 Å². The van der Waals surface area contributed by atoms with E-state index < -0.39 is 12.0 Å². The van der Waals surface area contributed by atoms with E-state index in [9.17, 15) is 4.79 Å². The van der Waals surface area contributed by atoms with Crippen molar-refractivity contribution in [3.05, 3.63) is 34.3 Å². The predicted molar refractivity (Wildman–Crippen MR) is 55.1 cm³/mol. The molecule has 3 nitrogen and oxygen atoms in total. The van der Waals surface area contributed by atoms with E-state index in [0.717, 1.165) is 11.1 Å². The molecule has 0 aliphatic carbocycles. The van der Waals surface area contributed by atoms with Crippen molar-refractivity contribution in [2.24, 2.45) is 5.73 Å². The molecule has 0 heterocycles. The molecule has 2 N–H and O–H groups in total. The van der Waals surface area contributed by atoms with Crippen LogP contribution in [-0.2, 0) is 9.53 Å². The van der Waals surface area contributed by atoms with Crippen LogP contribution in [0.15, 0.2) is 18.2 Å². The number of esters is 1. The van der Waals surface area contributed by atoms with Crippen molar-refractivity contribution in [1.82, 2.24) is 0 Å². The number of nitrogens with two attached hydrogens (primary N) is 1. The standard InChI is InChI=1S/C10H12ClNO2/c1-6-5-7(11)3-4-8(6)9(12)10(13)14-2/h3-5,9H,12H2,1-2H3/t9-/m1/s1. The first-order valence-electron chi connectivity index (χ1n) is 4.15. The number of carbonyl (C=O) groups excluding carboxylic acids is 1. The van der Waals surface area contributed by atoms with Gasteiger partial charge in [-0.2, -0.15) is 0 Å². The maximum Gasteiger partial charge on any atom is 0.327 e. The second-order valence-electron chi connectivity index (χ2n) is 3.00. The number of hydrogen-bond donors (Lipinski definition) is 1. The fourth-order valence-corrected chi connectivity index (χ4v) is 1.47. The minimum Gasteiger partial charge on any atom is -0.468 e. The summed E-state index contributed by atoms with van der Waals surface area (Å²) in [5, 5.41) is 0.628. The minimum absolute atomic E-state index is 0.449. The molecule has 0 saturated heterocycles. The van der Waals surface area contributed by atoms with Crippen LogP contribution in [0.3, 0.4) is 0 Å². The summed E-state index contributed by atoms with van der Waals surface area (Å²) in [6.45, 7) is 1.85. The van der Waals surface area contributed by atoms with Crippen LogP contribution in [-0.4, -0.2) is 13.1 Å². The average molecular weight is 214 g/mol. The molecule has 1 atom stereocenters. The molecule has 0 amide bonds. The maximum absolute atomic E-state index is 11.2. The lowest BCUT2D eigenvalue weighted by molar-refractivity contribution is -0.142. The maximum atomic E-state index is 11.2. The highest BCUT2D eigenvalue weighted by atomic mass is 35.5. The van der Waals surface area contributed by atoms with E-state index in [4.69, 9.17) is 17.3 Å². The second-order valence-corrected chi connectivity index (χ2v) is 3.44. The van der Waals surface area contributed by atoms with Gasteiger partial charge >= 0.3 is 5.97 Å². The van der Waals surface area contributed by atoms with Gasteiger partial charge in [0.25, 0.3) is 0 Å². The zero-order valence-electron chi connectivity index (χ0n) is 8.08. The molecule has 4 heteroatoms. The Morgan fingerprint density at radius 1 is 1.57 bits per heavy atom. The highest BCUT2D eigenvalue weighted by molar-refractivity contribution is 6.30. The third-order valence-corrected chi connectivity index (χ3v) is 2.26. The van der Waals surface area contributed by atoms with Crippen molar-refractivity contribution >= 4 is 17.6 Å². The highest BCUT2D eigenvalue weighted by Gasteiger charge is 2.17. The quantitative estimate of drug-likeness (QED) is 0.763. The van der Waals surface area contributed by atoms with Crippen LogP contribution in [0.5, 0.6) is 0 Å². The molecule has 0 fully saturated rings. The number of hydrogen-bond acceptors (Lipinski definition) is 3. The van der Waals surface area contributed by atoms with Gasteiger partial charge in [0, 0.05) is 5.02 Å². The Morgan fingerprint density at radius 2 is 2.21 bits per heavy atom. The first kappa shape index (κ1) is 11.0. The molecule has 0 radical (unpaired) electrons. The Balaban J connectivity index is 3.01. The minimum atomic E-state index is -0.739. The van der Waals surface area contributed by atoms with Crippen LogP contribution in [0.25, 0.3) is 0 Å². The molecule has 0 aliphatic rings. The van der Waals surface area contributed by atoms with Gasteiger partial charge in [0.1, 0.15) is 6.04 Å². The summed E-state index contributed by atoms with van der Waals surface area (Å²) >= 11 is 5.78. The van der Waals surface area contributed by atoms with Crippen LogP contribution in [0.4, 0.5) is 0 Å². The number of aryl methyl sites for hydroxylation is 1. The molecule has 1 aromatic carbocycles. The second kappa shape index (κ2) is 4.44. The molecule has 0 saturated carbocycles. The summed E-state index contributed by atoms with van der Waals surface area (Å²) in [4.78, 5) is 11.2. The lowest BCUT2D eigenvalue weighted by Gasteiger charge is -2.12. The van der Waals surface area contributed by atoms with Gasteiger partial charge in [-0.1, -0.05) is 17.7 Å². The molecule has 1 rings (SSSR count). The highest BCUT2D eigenvalue weighted by Crippen LogP contribution is 2.20. The molecular formula is C10H12ClNO2. The summed E-state index contributed by atoms with van der Waals surface area (Å²) in [6.07, 6.45) is 0. The lowest BCUT2D eigenvalue weighted by atomic mass is 10.0. The Labute approximate surface area is 87.8 Å². The number of halogens is 1. The topological polar surface area (TPSA) is 52.3 Å². The SMILES string of the molecule is COC(=O)[C@H](N)c1ccc(Cl)cc1C. The van der Waals surface area contributed by atoms with Crippen LogP contribution in [0.1, 0.15) is 17.2 Å². The van der Waals surface area contributed by atoms with Crippen molar-refractivity contribution in [2.45, 2.75) is 13.0 Å². The molecule has 0 aliphatic heterocycles. The number of rotatable bonds is 2. The van der Waals surface area contributed by atoms with E-state index in [1.165, 1.54) is 7.11 Å². The van der Waals surface area contributed by atoms with Crippen molar-refractivity contribution in [3.8, 4) is 0 Å². The molecule has 0 bridgehead atoms. The Kier molecular flexibility index (Phi) is 3.49. The van der Waals surface area contributed by atoms with E-state index >= 15 is 0 Å². The van der Waals surface area contributed by atoms with Crippen LogP contribution in [0, 0.1) is 6.92 Å².